The van der Waals surface area contributed by atoms with Crippen molar-refractivity contribution >= 4 is 55.0 Å². The molecule has 2 rings (SSSR count). The van der Waals surface area contributed by atoms with Crippen molar-refractivity contribution in [3.8, 4) is 0 Å². The summed E-state index contributed by atoms with van der Waals surface area (Å²) in [5.74, 6) is -0.109. The van der Waals surface area contributed by atoms with Gasteiger partial charge in [0.05, 0.1) is 28.7 Å². The summed E-state index contributed by atoms with van der Waals surface area (Å²) in [5.41, 5.74) is 0. The van der Waals surface area contributed by atoms with Crippen molar-refractivity contribution in [2.24, 2.45) is 0 Å². The van der Waals surface area contributed by atoms with Gasteiger partial charge < -0.3 is 5.32 Å². The van der Waals surface area contributed by atoms with E-state index in [9.17, 15) is 13.2 Å². The van der Waals surface area contributed by atoms with Crippen LogP contribution in [0.2, 0.25) is 0 Å². The molecular formula is C12H13BrClNO3S2. The molecule has 0 spiro atoms. The van der Waals surface area contributed by atoms with Crippen LogP contribution in [0.25, 0.3) is 0 Å². The van der Waals surface area contributed by atoms with Gasteiger partial charge >= 0.3 is 0 Å². The van der Waals surface area contributed by atoms with Gasteiger partial charge in [-0.2, -0.15) is 0 Å². The Morgan fingerprint density at radius 3 is 2.55 bits per heavy atom. The fourth-order valence-corrected chi connectivity index (χ4v) is 5.39. The van der Waals surface area contributed by atoms with E-state index in [1.807, 2.05) is 24.3 Å². The van der Waals surface area contributed by atoms with Crippen molar-refractivity contribution < 1.29 is 13.2 Å². The molecule has 0 aliphatic carbocycles. The van der Waals surface area contributed by atoms with Crippen molar-refractivity contribution in [1.29, 1.82) is 0 Å². The summed E-state index contributed by atoms with van der Waals surface area (Å²) in [5, 5.41) is 2.15. The van der Waals surface area contributed by atoms with Gasteiger partial charge in [-0.15, -0.1) is 23.4 Å². The zero-order chi connectivity index (χ0) is 14.8. The van der Waals surface area contributed by atoms with Crippen LogP contribution in [0.1, 0.15) is 0 Å². The van der Waals surface area contributed by atoms with Gasteiger partial charge in [0.2, 0.25) is 5.91 Å². The molecule has 20 heavy (non-hydrogen) atoms. The lowest BCUT2D eigenvalue weighted by Crippen LogP contribution is -2.41. The molecule has 110 valence electrons. The van der Waals surface area contributed by atoms with E-state index in [0.29, 0.717) is 0 Å². The molecule has 0 bridgehead atoms. The van der Waals surface area contributed by atoms with Crippen LogP contribution in [0.15, 0.2) is 33.6 Å². The van der Waals surface area contributed by atoms with Crippen LogP contribution in [0.4, 0.5) is 0 Å². The Morgan fingerprint density at radius 2 is 2.00 bits per heavy atom. The Bertz CT molecular complexity index is 591. The Balaban J connectivity index is 1.83. The van der Waals surface area contributed by atoms with Gasteiger partial charge in [0.15, 0.2) is 9.84 Å². The first-order valence-electron chi connectivity index (χ1n) is 5.88. The van der Waals surface area contributed by atoms with Gasteiger partial charge in [-0.1, -0.05) is 15.9 Å². The summed E-state index contributed by atoms with van der Waals surface area (Å²) in [6, 6.07) is 7.13. The third kappa shape index (κ3) is 4.65. The number of rotatable bonds is 4. The maximum atomic E-state index is 11.8. The van der Waals surface area contributed by atoms with E-state index in [0.717, 1.165) is 9.37 Å². The third-order valence-electron chi connectivity index (χ3n) is 2.81. The monoisotopic (exact) mass is 397 g/mol. The standard InChI is InChI=1S/C12H13BrClNO3S2/c13-8-1-3-9(4-2-8)19-5-12(16)15-11-7-20(17,18)6-10(11)14/h1-4,10-11H,5-7H2,(H,15,16)/t10-,11+/m0/s1. The summed E-state index contributed by atoms with van der Waals surface area (Å²) in [6.45, 7) is 0. The average Bonchev–Trinajstić information content (AvgIpc) is 2.61. The summed E-state index contributed by atoms with van der Waals surface area (Å²) in [6.07, 6.45) is 0. The molecule has 1 aromatic rings. The number of carbonyl (C=O) groups is 1. The number of nitrogens with one attached hydrogen (secondary N) is 1. The first-order valence-corrected chi connectivity index (χ1v) is 9.91. The van der Waals surface area contributed by atoms with Gasteiger partial charge in [0.1, 0.15) is 0 Å². The molecule has 1 saturated heterocycles. The van der Waals surface area contributed by atoms with Gasteiger partial charge in [-0.3, -0.25) is 4.79 Å². The van der Waals surface area contributed by atoms with Crippen molar-refractivity contribution in [2.75, 3.05) is 17.3 Å². The molecule has 1 aliphatic rings. The lowest BCUT2D eigenvalue weighted by molar-refractivity contribution is -0.119. The molecule has 4 nitrogen and oxygen atoms in total. The number of carbonyl (C=O) groups excluding carboxylic acids is 1. The second-order valence-electron chi connectivity index (χ2n) is 4.51. The highest BCUT2D eigenvalue weighted by Crippen LogP contribution is 2.21. The van der Waals surface area contributed by atoms with Crippen LogP contribution in [0.3, 0.4) is 0 Å². The molecule has 1 fully saturated rings. The average molecular weight is 399 g/mol. The summed E-state index contributed by atoms with van der Waals surface area (Å²) >= 11 is 10.7. The largest absolute Gasteiger partial charge is 0.350 e. The molecule has 0 saturated carbocycles. The molecule has 1 aliphatic heterocycles. The number of amides is 1. The molecule has 1 heterocycles. The van der Waals surface area contributed by atoms with Crippen molar-refractivity contribution in [1.82, 2.24) is 5.32 Å². The lowest BCUT2D eigenvalue weighted by atomic mass is 10.2. The Morgan fingerprint density at radius 1 is 1.35 bits per heavy atom. The van der Waals surface area contributed by atoms with Gasteiger partial charge in [-0.25, -0.2) is 8.42 Å². The number of alkyl halides is 1. The Hall–Kier alpha value is -0.240. The third-order valence-corrected chi connectivity index (χ3v) is 6.73. The van der Waals surface area contributed by atoms with Crippen LogP contribution in [0.5, 0.6) is 0 Å². The van der Waals surface area contributed by atoms with E-state index in [4.69, 9.17) is 11.6 Å². The number of sulfone groups is 1. The van der Waals surface area contributed by atoms with Crippen LogP contribution < -0.4 is 5.32 Å². The molecule has 0 radical (unpaired) electrons. The summed E-state index contributed by atoms with van der Waals surface area (Å²) < 4.78 is 23.8. The second kappa shape index (κ2) is 6.68. The molecular weight excluding hydrogens is 386 g/mol. The quantitative estimate of drug-likeness (QED) is 0.623. The maximum Gasteiger partial charge on any atom is 0.230 e. The van der Waals surface area contributed by atoms with Crippen molar-refractivity contribution in [3.05, 3.63) is 28.7 Å². The highest BCUT2D eigenvalue weighted by molar-refractivity contribution is 9.10. The van der Waals surface area contributed by atoms with E-state index >= 15 is 0 Å². The van der Waals surface area contributed by atoms with Crippen LogP contribution in [-0.4, -0.2) is 43.0 Å². The fraction of sp³-hybridized carbons (Fsp3) is 0.417. The number of thioether (sulfide) groups is 1. The first-order chi connectivity index (χ1) is 9.35. The normalized spacial score (nSPS) is 24.5. The van der Waals surface area contributed by atoms with E-state index in [-0.39, 0.29) is 23.2 Å². The van der Waals surface area contributed by atoms with Crippen LogP contribution in [-0.2, 0) is 14.6 Å². The first kappa shape index (κ1) is 16.1. The molecule has 1 amide bonds. The molecule has 2 atom stereocenters. The molecule has 8 heteroatoms. The minimum absolute atomic E-state index is 0.0701. The van der Waals surface area contributed by atoms with E-state index in [1.54, 1.807) is 0 Å². The van der Waals surface area contributed by atoms with Gasteiger partial charge in [0, 0.05) is 9.37 Å². The fourth-order valence-electron chi connectivity index (χ4n) is 1.87. The van der Waals surface area contributed by atoms with Crippen molar-refractivity contribution in [3.63, 3.8) is 0 Å². The predicted octanol–water partition coefficient (Wildman–Crippen LogP) is 2.06. The SMILES string of the molecule is O=C(CSc1ccc(Br)cc1)N[C@@H]1CS(=O)(=O)C[C@@H]1Cl. The second-order valence-corrected chi connectivity index (χ2v) is 9.19. The van der Waals surface area contributed by atoms with Crippen LogP contribution in [0, 0.1) is 0 Å². The van der Waals surface area contributed by atoms with Gasteiger partial charge in [0.25, 0.3) is 0 Å². The van der Waals surface area contributed by atoms with Gasteiger partial charge in [-0.05, 0) is 24.3 Å². The highest BCUT2D eigenvalue weighted by atomic mass is 79.9. The predicted molar refractivity (Wildman–Crippen MR) is 85.1 cm³/mol. The molecule has 0 unspecified atom stereocenters. The number of hydrogen-bond donors (Lipinski definition) is 1. The van der Waals surface area contributed by atoms with Crippen LogP contribution >= 0.6 is 39.3 Å². The van der Waals surface area contributed by atoms with E-state index < -0.39 is 21.3 Å². The van der Waals surface area contributed by atoms with Crippen molar-refractivity contribution in [2.45, 2.75) is 16.3 Å². The zero-order valence-corrected chi connectivity index (χ0v) is 14.4. The molecule has 0 aromatic heterocycles. The number of halogens is 2. The maximum absolute atomic E-state index is 11.8. The topological polar surface area (TPSA) is 63.2 Å². The Kier molecular flexibility index (Phi) is 5.39. The smallest absolute Gasteiger partial charge is 0.230 e. The number of hydrogen-bond acceptors (Lipinski definition) is 4. The van der Waals surface area contributed by atoms with E-state index in [2.05, 4.69) is 21.2 Å². The molecule has 1 N–H and O–H groups in total. The molecule has 1 aromatic carbocycles. The Labute approximate surface area is 135 Å². The van der Waals surface area contributed by atoms with E-state index in [1.165, 1.54) is 11.8 Å². The zero-order valence-electron chi connectivity index (χ0n) is 10.4. The minimum atomic E-state index is -3.12. The lowest BCUT2D eigenvalue weighted by Gasteiger charge is -2.14. The number of benzene rings is 1. The minimum Gasteiger partial charge on any atom is -0.350 e. The summed E-state index contributed by atoms with van der Waals surface area (Å²) in [4.78, 5) is 12.8. The summed E-state index contributed by atoms with van der Waals surface area (Å²) in [7, 11) is -3.12. The highest BCUT2D eigenvalue weighted by Gasteiger charge is 2.37.